The van der Waals surface area contributed by atoms with Crippen LogP contribution in [0.2, 0.25) is 0 Å². The van der Waals surface area contributed by atoms with E-state index in [0.717, 1.165) is 0 Å². The Balaban J connectivity index is 3.21. The molecule has 0 spiro atoms. The SMILES string of the molecule is CC(C)C(=O)O[C@H]1[C@H](C)OC(=O)[C@@H](NC(=O)OC(C)(C)C)COC(=O)[C@H]1CC(=O)OC(C)(C)C. The molecular formula is C23H37NO10. The van der Waals surface area contributed by atoms with E-state index in [1.54, 1.807) is 55.4 Å². The maximum Gasteiger partial charge on any atom is 0.408 e. The first-order chi connectivity index (χ1) is 15.4. The number of carbonyl (C=O) groups excluding carboxylic acids is 5. The van der Waals surface area contributed by atoms with Crippen molar-refractivity contribution in [1.82, 2.24) is 5.32 Å². The van der Waals surface area contributed by atoms with Crippen LogP contribution in [0, 0.1) is 11.8 Å². The second-order valence-corrected chi connectivity index (χ2v) is 10.4. The third-order valence-electron chi connectivity index (χ3n) is 4.36. The van der Waals surface area contributed by atoms with Gasteiger partial charge < -0.3 is 29.0 Å². The van der Waals surface area contributed by atoms with Crippen molar-refractivity contribution in [3.05, 3.63) is 0 Å². The number of ether oxygens (including phenoxy) is 5. The first-order valence-electron chi connectivity index (χ1n) is 11.2. The van der Waals surface area contributed by atoms with Gasteiger partial charge in [-0.3, -0.25) is 14.4 Å². The monoisotopic (exact) mass is 487 g/mol. The fraction of sp³-hybridized carbons (Fsp3) is 0.783. The Bertz CT molecular complexity index is 778. The highest BCUT2D eigenvalue weighted by Crippen LogP contribution is 2.25. The number of hydrogen-bond acceptors (Lipinski definition) is 10. The van der Waals surface area contributed by atoms with E-state index >= 15 is 0 Å². The lowest BCUT2D eigenvalue weighted by atomic mass is 9.94. The van der Waals surface area contributed by atoms with Gasteiger partial charge in [-0.05, 0) is 48.5 Å². The number of amides is 1. The van der Waals surface area contributed by atoms with Crippen molar-refractivity contribution in [2.24, 2.45) is 11.8 Å². The molecule has 34 heavy (non-hydrogen) atoms. The van der Waals surface area contributed by atoms with Gasteiger partial charge in [0.1, 0.15) is 29.8 Å². The van der Waals surface area contributed by atoms with E-state index in [1.165, 1.54) is 6.92 Å². The average Bonchev–Trinajstić information content (AvgIpc) is 2.66. The first-order valence-corrected chi connectivity index (χ1v) is 11.2. The second-order valence-electron chi connectivity index (χ2n) is 10.4. The molecule has 194 valence electrons. The van der Waals surface area contributed by atoms with E-state index in [1.807, 2.05) is 0 Å². The fourth-order valence-corrected chi connectivity index (χ4v) is 2.90. The summed E-state index contributed by atoms with van der Waals surface area (Å²) in [4.78, 5) is 62.6. The fourth-order valence-electron chi connectivity index (χ4n) is 2.90. The molecule has 11 nitrogen and oxygen atoms in total. The summed E-state index contributed by atoms with van der Waals surface area (Å²) in [7, 11) is 0. The number of rotatable bonds is 5. The summed E-state index contributed by atoms with van der Waals surface area (Å²) in [5.74, 6) is -5.06. The van der Waals surface area contributed by atoms with E-state index in [9.17, 15) is 24.0 Å². The zero-order valence-corrected chi connectivity index (χ0v) is 21.4. The highest BCUT2D eigenvalue weighted by molar-refractivity contribution is 5.84. The maximum atomic E-state index is 13.0. The molecule has 1 amide bonds. The van der Waals surface area contributed by atoms with Gasteiger partial charge in [0, 0.05) is 0 Å². The molecule has 0 unspecified atom stereocenters. The predicted octanol–water partition coefficient (Wildman–Crippen LogP) is 2.28. The summed E-state index contributed by atoms with van der Waals surface area (Å²) in [5.41, 5.74) is -1.64. The minimum absolute atomic E-state index is 0.474. The van der Waals surface area contributed by atoms with Crippen molar-refractivity contribution in [2.45, 2.75) is 98.2 Å². The minimum atomic E-state index is -1.37. The van der Waals surface area contributed by atoms with Gasteiger partial charge in [-0.15, -0.1) is 0 Å². The van der Waals surface area contributed by atoms with Gasteiger partial charge in [0.05, 0.1) is 12.3 Å². The second kappa shape index (κ2) is 11.5. The number of nitrogens with one attached hydrogen (secondary N) is 1. The number of alkyl carbamates (subject to hydrolysis) is 1. The van der Waals surface area contributed by atoms with Gasteiger partial charge in [-0.1, -0.05) is 13.8 Å². The quantitative estimate of drug-likeness (QED) is 0.453. The molecule has 11 heteroatoms. The largest absolute Gasteiger partial charge is 0.463 e. The Hall–Kier alpha value is -2.85. The summed E-state index contributed by atoms with van der Waals surface area (Å²) in [5, 5.41) is 2.31. The molecule has 1 rings (SSSR count). The molecule has 1 heterocycles. The Kier molecular flexibility index (Phi) is 9.89. The summed E-state index contributed by atoms with van der Waals surface area (Å²) in [6.45, 7) is 14.0. The Morgan fingerprint density at radius 1 is 1.00 bits per heavy atom. The van der Waals surface area contributed by atoms with Gasteiger partial charge >= 0.3 is 30.0 Å². The molecule has 0 bridgehead atoms. The van der Waals surface area contributed by atoms with E-state index in [2.05, 4.69) is 5.32 Å². The van der Waals surface area contributed by atoms with E-state index in [4.69, 9.17) is 23.7 Å². The molecule has 1 saturated heterocycles. The Labute approximate surface area is 200 Å². The third kappa shape index (κ3) is 9.96. The molecular weight excluding hydrogens is 450 g/mol. The van der Waals surface area contributed by atoms with Crippen LogP contribution in [0.15, 0.2) is 0 Å². The van der Waals surface area contributed by atoms with E-state index in [-0.39, 0.29) is 0 Å². The number of cyclic esters (lactones) is 2. The normalized spacial score (nSPS) is 24.1. The molecule has 0 aromatic heterocycles. The van der Waals surface area contributed by atoms with Crippen molar-refractivity contribution >= 4 is 30.0 Å². The van der Waals surface area contributed by atoms with Crippen LogP contribution in [0.5, 0.6) is 0 Å². The molecule has 1 aliphatic rings. The van der Waals surface area contributed by atoms with Crippen molar-refractivity contribution in [1.29, 1.82) is 0 Å². The van der Waals surface area contributed by atoms with E-state index in [0.29, 0.717) is 0 Å². The highest BCUT2D eigenvalue weighted by atomic mass is 16.6. The number of esters is 4. The molecule has 1 N–H and O–H groups in total. The Morgan fingerprint density at radius 3 is 2.06 bits per heavy atom. The van der Waals surface area contributed by atoms with Crippen molar-refractivity contribution in [3.63, 3.8) is 0 Å². The number of hydrogen-bond donors (Lipinski definition) is 1. The molecule has 1 fully saturated rings. The van der Waals surface area contributed by atoms with Crippen LogP contribution in [0.25, 0.3) is 0 Å². The van der Waals surface area contributed by atoms with Gasteiger partial charge in [0.25, 0.3) is 0 Å². The lowest BCUT2D eigenvalue weighted by Crippen LogP contribution is -2.48. The highest BCUT2D eigenvalue weighted by Gasteiger charge is 2.44. The van der Waals surface area contributed by atoms with E-state index < -0.39 is 84.3 Å². The molecule has 0 aromatic rings. The van der Waals surface area contributed by atoms with Crippen LogP contribution in [0.1, 0.15) is 68.7 Å². The third-order valence-corrected chi connectivity index (χ3v) is 4.36. The molecule has 0 radical (unpaired) electrons. The van der Waals surface area contributed by atoms with Gasteiger partial charge in [-0.25, -0.2) is 9.59 Å². The summed E-state index contributed by atoms with van der Waals surface area (Å²) in [6, 6.07) is -1.37. The summed E-state index contributed by atoms with van der Waals surface area (Å²) in [6.07, 6.45) is -3.85. The molecule has 1 aliphatic heterocycles. The van der Waals surface area contributed by atoms with Crippen LogP contribution in [0.4, 0.5) is 4.79 Å². The maximum absolute atomic E-state index is 13.0. The van der Waals surface area contributed by atoms with Crippen LogP contribution in [0.3, 0.4) is 0 Å². The summed E-state index contributed by atoms with van der Waals surface area (Å²) < 4.78 is 26.5. The smallest absolute Gasteiger partial charge is 0.408 e. The van der Waals surface area contributed by atoms with Crippen LogP contribution < -0.4 is 5.32 Å². The van der Waals surface area contributed by atoms with Crippen molar-refractivity contribution in [3.8, 4) is 0 Å². The van der Waals surface area contributed by atoms with Crippen molar-refractivity contribution < 1.29 is 47.7 Å². The van der Waals surface area contributed by atoms with Crippen LogP contribution in [-0.4, -0.2) is 66.0 Å². The summed E-state index contributed by atoms with van der Waals surface area (Å²) >= 11 is 0. The van der Waals surface area contributed by atoms with Crippen LogP contribution in [-0.2, 0) is 42.9 Å². The van der Waals surface area contributed by atoms with Gasteiger partial charge in [0.2, 0.25) is 0 Å². The topological polar surface area (TPSA) is 144 Å². The molecule has 0 aliphatic carbocycles. The standard InChI is InChI=1S/C23H37NO10/c1-12(2)18(26)32-17-13(3)31-20(28)15(24-21(29)34-23(7,8)9)11-30-19(27)14(17)10-16(25)33-22(4,5)6/h12-15,17H,10-11H2,1-9H3,(H,24,29)/t13-,14-,15-,17-/m0/s1. The number of carbonyl (C=O) groups is 5. The van der Waals surface area contributed by atoms with Crippen molar-refractivity contribution in [2.75, 3.05) is 6.61 Å². The predicted molar refractivity (Wildman–Crippen MR) is 118 cm³/mol. The van der Waals surface area contributed by atoms with Crippen LogP contribution >= 0.6 is 0 Å². The minimum Gasteiger partial charge on any atom is -0.463 e. The first kappa shape index (κ1) is 29.2. The van der Waals surface area contributed by atoms with Gasteiger partial charge in [0.15, 0.2) is 12.1 Å². The zero-order valence-electron chi connectivity index (χ0n) is 21.4. The lowest BCUT2D eigenvalue weighted by Gasteiger charge is -2.30. The zero-order chi connectivity index (χ0) is 26.4. The molecule has 4 atom stereocenters. The Morgan fingerprint density at radius 2 is 1.56 bits per heavy atom. The van der Waals surface area contributed by atoms with Gasteiger partial charge in [-0.2, -0.15) is 0 Å². The molecule has 0 aromatic carbocycles. The average molecular weight is 488 g/mol. The molecule has 0 saturated carbocycles. The lowest BCUT2D eigenvalue weighted by molar-refractivity contribution is -0.180.